The summed E-state index contributed by atoms with van der Waals surface area (Å²) in [4.78, 5) is 27.0. The molecule has 0 atom stereocenters. The second-order valence-electron chi connectivity index (χ2n) is 8.31. The van der Waals surface area contributed by atoms with Gasteiger partial charge in [0.15, 0.2) is 0 Å². The maximum Gasteiger partial charge on any atom is 0.264 e. The number of halogens is 2. The van der Waals surface area contributed by atoms with Crippen LogP contribution >= 0.6 is 15.9 Å². The summed E-state index contributed by atoms with van der Waals surface area (Å²) in [6.07, 6.45) is 8.12. The average Bonchev–Trinajstić information content (AvgIpc) is 3.06. The molecule has 1 aromatic heterocycles. The van der Waals surface area contributed by atoms with Gasteiger partial charge in [0.1, 0.15) is 11.4 Å². The molecule has 166 valence electrons. The van der Waals surface area contributed by atoms with Crippen LogP contribution in [0.15, 0.2) is 70.1 Å². The predicted molar refractivity (Wildman–Crippen MR) is 128 cm³/mol. The van der Waals surface area contributed by atoms with Crippen molar-refractivity contribution >= 4 is 21.8 Å². The lowest BCUT2D eigenvalue weighted by atomic mass is 10.00. The molecular formula is C26H26BrFN2O2. The van der Waals surface area contributed by atoms with Gasteiger partial charge in [-0.25, -0.2) is 4.39 Å². The van der Waals surface area contributed by atoms with Crippen molar-refractivity contribution in [1.29, 1.82) is 0 Å². The van der Waals surface area contributed by atoms with E-state index in [-0.39, 0.29) is 35.4 Å². The second kappa shape index (κ2) is 10.3. The minimum absolute atomic E-state index is 0.0811. The Bertz CT molecular complexity index is 1130. The van der Waals surface area contributed by atoms with Gasteiger partial charge < -0.3 is 9.88 Å². The Balaban J connectivity index is 1.76. The molecule has 0 spiro atoms. The van der Waals surface area contributed by atoms with Gasteiger partial charge in [0.25, 0.3) is 11.5 Å². The fourth-order valence-electron chi connectivity index (χ4n) is 4.31. The van der Waals surface area contributed by atoms with E-state index < -0.39 is 0 Å². The van der Waals surface area contributed by atoms with Gasteiger partial charge in [-0.1, -0.05) is 68.1 Å². The minimum Gasteiger partial charge on any atom is -0.349 e. The lowest BCUT2D eigenvalue weighted by molar-refractivity contribution is 0.0932. The summed E-state index contributed by atoms with van der Waals surface area (Å²) < 4.78 is 15.5. The highest BCUT2D eigenvalue weighted by Gasteiger charge is 2.24. The number of hydrogen-bond acceptors (Lipinski definition) is 2. The zero-order valence-corrected chi connectivity index (χ0v) is 19.4. The van der Waals surface area contributed by atoms with Gasteiger partial charge in [0.2, 0.25) is 0 Å². The highest BCUT2D eigenvalue weighted by atomic mass is 79.9. The van der Waals surface area contributed by atoms with Gasteiger partial charge in [0, 0.05) is 22.3 Å². The predicted octanol–water partition coefficient (Wildman–Crippen LogP) is 5.92. The Morgan fingerprint density at radius 2 is 1.66 bits per heavy atom. The molecule has 1 N–H and O–H groups in total. The summed E-state index contributed by atoms with van der Waals surface area (Å²) in [6.45, 7) is 0.247. The van der Waals surface area contributed by atoms with E-state index in [1.165, 1.54) is 29.5 Å². The van der Waals surface area contributed by atoms with Gasteiger partial charge in [-0.15, -0.1) is 0 Å². The van der Waals surface area contributed by atoms with Crippen LogP contribution in [0.3, 0.4) is 0 Å². The Morgan fingerprint density at radius 3 is 2.31 bits per heavy atom. The number of benzene rings is 2. The summed E-state index contributed by atoms with van der Waals surface area (Å²) >= 11 is 3.60. The highest BCUT2D eigenvalue weighted by Crippen LogP contribution is 2.30. The highest BCUT2D eigenvalue weighted by molar-refractivity contribution is 9.10. The first kappa shape index (κ1) is 22.5. The van der Waals surface area contributed by atoms with Crippen molar-refractivity contribution in [2.75, 3.05) is 0 Å². The standard InChI is InChI=1S/C26H26BrFN2O2/c27-22-17-30(16-18-12-14-20(28)15-13-18)26(32)24(23(22)19-8-4-3-5-9-19)25(31)29-21-10-6-1-2-7-11-21/h3-5,8-9,12-15,17,21H,1-2,6-7,10-11,16H2,(H,29,31). The first-order chi connectivity index (χ1) is 15.5. The number of hydrogen-bond donors (Lipinski definition) is 1. The van der Waals surface area contributed by atoms with Crippen molar-refractivity contribution in [2.24, 2.45) is 0 Å². The van der Waals surface area contributed by atoms with E-state index in [1.807, 2.05) is 30.3 Å². The quantitative estimate of drug-likeness (QED) is 0.445. The van der Waals surface area contributed by atoms with Crippen molar-refractivity contribution in [3.05, 3.63) is 92.6 Å². The molecule has 0 radical (unpaired) electrons. The van der Waals surface area contributed by atoms with E-state index in [9.17, 15) is 14.0 Å². The number of carbonyl (C=O) groups excluding carboxylic acids is 1. The molecule has 1 heterocycles. The molecule has 1 saturated carbocycles. The fraction of sp³-hybridized carbons (Fsp3) is 0.308. The molecule has 4 nitrogen and oxygen atoms in total. The number of aromatic nitrogens is 1. The van der Waals surface area contributed by atoms with E-state index in [0.29, 0.717) is 10.0 Å². The van der Waals surface area contributed by atoms with Crippen LogP contribution in [0.25, 0.3) is 11.1 Å². The zero-order valence-electron chi connectivity index (χ0n) is 17.8. The molecule has 6 heteroatoms. The van der Waals surface area contributed by atoms with Crippen LogP contribution in [0.2, 0.25) is 0 Å². The Kier molecular flexibility index (Phi) is 7.20. The molecular weight excluding hydrogens is 471 g/mol. The summed E-state index contributed by atoms with van der Waals surface area (Å²) in [5.74, 6) is -0.667. The van der Waals surface area contributed by atoms with Crippen molar-refractivity contribution in [3.63, 3.8) is 0 Å². The van der Waals surface area contributed by atoms with E-state index >= 15 is 0 Å². The fourth-order valence-corrected chi connectivity index (χ4v) is 4.99. The molecule has 0 aliphatic heterocycles. The SMILES string of the molecule is O=C(NC1CCCCCC1)c1c(-c2ccccc2)c(Br)cn(Cc2ccc(F)cc2)c1=O. The van der Waals surface area contributed by atoms with Crippen LogP contribution < -0.4 is 10.9 Å². The lowest BCUT2D eigenvalue weighted by Gasteiger charge is -2.19. The van der Waals surface area contributed by atoms with Crippen LogP contribution in [-0.2, 0) is 6.54 Å². The number of amides is 1. The van der Waals surface area contributed by atoms with Crippen LogP contribution in [-0.4, -0.2) is 16.5 Å². The maximum absolute atomic E-state index is 13.5. The van der Waals surface area contributed by atoms with E-state index in [4.69, 9.17) is 0 Å². The van der Waals surface area contributed by atoms with Crippen LogP contribution in [0.5, 0.6) is 0 Å². The zero-order chi connectivity index (χ0) is 22.5. The molecule has 0 saturated heterocycles. The smallest absolute Gasteiger partial charge is 0.264 e. The Morgan fingerprint density at radius 1 is 1.00 bits per heavy atom. The van der Waals surface area contributed by atoms with Crippen molar-refractivity contribution in [1.82, 2.24) is 9.88 Å². The monoisotopic (exact) mass is 496 g/mol. The van der Waals surface area contributed by atoms with Crippen LogP contribution in [0, 0.1) is 5.82 Å². The van der Waals surface area contributed by atoms with E-state index in [0.717, 1.165) is 36.8 Å². The van der Waals surface area contributed by atoms with E-state index in [2.05, 4.69) is 21.2 Å². The van der Waals surface area contributed by atoms with Gasteiger partial charge in [-0.2, -0.15) is 0 Å². The molecule has 3 aromatic rings. The average molecular weight is 497 g/mol. The molecule has 1 aliphatic carbocycles. The Labute approximate surface area is 195 Å². The van der Waals surface area contributed by atoms with Gasteiger partial charge in [0.05, 0.1) is 6.54 Å². The summed E-state index contributed by atoms with van der Waals surface area (Å²) in [5.41, 5.74) is 1.95. The van der Waals surface area contributed by atoms with Gasteiger partial charge in [-0.05, 0) is 52.0 Å². The summed E-state index contributed by atoms with van der Waals surface area (Å²) in [5, 5.41) is 3.13. The first-order valence-electron chi connectivity index (χ1n) is 11.1. The minimum atomic E-state index is -0.359. The first-order valence-corrected chi connectivity index (χ1v) is 11.9. The molecule has 32 heavy (non-hydrogen) atoms. The van der Waals surface area contributed by atoms with Gasteiger partial charge >= 0.3 is 0 Å². The number of rotatable bonds is 5. The molecule has 4 rings (SSSR count). The molecule has 1 aliphatic rings. The number of pyridine rings is 1. The third kappa shape index (κ3) is 5.18. The van der Waals surface area contributed by atoms with Crippen LogP contribution in [0.4, 0.5) is 4.39 Å². The molecule has 1 fully saturated rings. The third-order valence-electron chi connectivity index (χ3n) is 5.98. The molecule has 0 bridgehead atoms. The van der Waals surface area contributed by atoms with Crippen LogP contribution in [0.1, 0.15) is 54.4 Å². The van der Waals surface area contributed by atoms with Gasteiger partial charge in [-0.3, -0.25) is 9.59 Å². The molecule has 1 amide bonds. The second-order valence-corrected chi connectivity index (χ2v) is 9.17. The lowest BCUT2D eigenvalue weighted by Crippen LogP contribution is -2.39. The molecule has 0 unspecified atom stereocenters. The van der Waals surface area contributed by atoms with Crippen molar-refractivity contribution < 1.29 is 9.18 Å². The van der Waals surface area contributed by atoms with Crippen molar-refractivity contribution in [2.45, 2.75) is 51.1 Å². The Hall–Kier alpha value is -2.73. The largest absolute Gasteiger partial charge is 0.349 e. The molecule has 2 aromatic carbocycles. The van der Waals surface area contributed by atoms with Crippen molar-refractivity contribution in [3.8, 4) is 11.1 Å². The normalized spacial score (nSPS) is 14.7. The number of carbonyl (C=O) groups is 1. The summed E-state index contributed by atoms with van der Waals surface area (Å²) in [6, 6.07) is 15.6. The van der Waals surface area contributed by atoms with E-state index in [1.54, 1.807) is 18.3 Å². The summed E-state index contributed by atoms with van der Waals surface area (Å²) in [7, 11) is 0. The number of nitrogens with zero attached hydrogens (tertiary/aromatic N) is 1. The number of nitrogens with one attached hydrogen (secondary N) is 1. The third-order valence-corrected chi connectivity index (χ3v) is 6.58. The maximum atomic E-state index is 13.5. The topological polar surface area (TPSA) is 51.1 Å².